The smallest absolute Gasteiger partial charge is 0.225 e. The Kier molecular flexibility index (Phi) is 4.75. The monoisotopic (exact) mass is 354 g/mol. The van der Waals surface area contributed by atoms with Gasteiger partial charge in [-0.05, 0) is 17.7 Å². The standard InChI is InChI=1S/C15H16Cl2N4O2/c1-22-14-7-13(19-15(18)20-14)21-4-5-23-12(8-21)9-2-3-10(16)11(17)6-9/h2-3,6-7,12H,4-5,8H2,1H3,(H2,18,19,20). The molecule has 0 saturated carbocycles. The summed E-state index contributed by atoms with van der Waals surface area (Å²) in [6.07, 6.45) is -0.124. The molecule has 1 aromatic carbocycles. The lowest BCUT2D eigenvalue weighted by molar-refractivity contribution is 0.0395. The fraction of sp³-hybridized carbons (Fsp3) is 0.333. The molecule has 0 amide bonds. The van der Waals surface area contributed by atoms with Crippen LogP contribution in [0.3, 0.4) is 0 Å². The van der Waals surface area contributed by atoms with E-state index in [4.69, 9.17) is 38.4 Å². The van der Waals surface area contributed by atoms with Gasteiger partial charge in [0.25, 0.3) is 0 Å². The van der Waals surface area contributed by atoms with Gasteiger partial charge in [-0.15, -0.1) is 0 Å². The van der Waals surface area contributed by atoms with E-state index in [9.17, 15) is 0 Å². The third-order valence-electron chi connectivity index (χ3n) is 3.62. The zero-order chi connectivity index (χ0) is 16.4. The second-order valence-electron chi connectivity index (χ2n) is 5.11. The molecule has 1 atom stereocenters. The van der Waals surface area contributed by atoms with Crippen molar-refractivity contribution in [1.82, 2.24) is 9.97 Å². The molecule has 2 heterocycles. The number of rotatable bonds is 3. The number of nitrogen functional groups attached to an aromatic ring is 1. The number of morpholine rings is 1. The van der Waals surface area contributed by atoms with Crippen LogP contribution in [0.15, 0.2) is 24.3 Å². The maximum atomic E-state index is 6.09. The number of methoxy groups -OCH3 is 1. The molecule has 23 heavy (non-hydrogen) atoms. The summed E-state index contributed by atoms with van der Waals surface area (Å²) in [6, 6.07) is 7.27. The minimum atomic E-state index is -0.124. The number of nitrogens with zero attached hydrogens (tertiary/aromatic N) is 3. The van der Waals surface area contributed by atoms with E-state index < -0.39 is 0 Å². The van der Waals surface area contributed by atoms with Gasteiger partial charge in [0, 0.05) is 19.2 Å². The van der Waals surface area contributed by atoms with Crippen LogP contribution >= 0.6 is 23.2 Å². The maximum Gasteiger partial charge on any atom is 0.225 e. The third-order valence-corrected chi connectivity index (χ3v) is 4.36. The fourth-order valence-corrected chi connectivity index (χ4v) is 2.78. The number of benzene rings is 1. The van der Waals surface area contributed by atoms with Crippen molar-refractivity contribution in [2.45, 2.75) is 6.10 Å². The number of hydrogen-bond donors (Lipinski definition) is 1. The van der Waals surface area contributed by atoms with Gasteiger partial charge in [0.15, 0.2) is 0 Å². The quantitative estimate of drug-likeness (QED) is 0.913. The molecule has 0 radical (unpaired) electrons. The Labute approximate surface area is 144 Å². The maximum absolute atomic E-state index is 6.09. The van der Waals surface area contributed by atoms with Crippen LogP contribution in [0.1, 0.15) is 11.7 Å². The normalized spacial score (nSPS) is 18.0. The van der Waals surface area contributed by atoms with E-state index in [1.807, 2.05) is 12.1 Å². The number of halogens is 2. The van der Waals surface area contributed by atoms with Crippen molar-refractivity contribution in [3.63, 3.8) is 0 Å². The van der Waals surface area contributed by atoms with Crippen LogP contribution in [-0.4, -0.2) is 36.8 Å². The number of aromatic nitrogens is 2. The zero-order valence-electron chi connectivity index (χ0n) is 12.5. The Bertz CT molecular complexity index is 714. The molecule has 1 fully saturated rings. The van der Waals surface area contributed by atoms with Gasteiger partial charge in [-0.2, -0.15) is 9.97 Å². The molecule has 0 aliphatic carbocycles. The van der Waals surface area contributed by atoms with Crippen LogP contribution in [-0.2, 0) is 4.74 Å². The molecule has 1 aromatic heterocycles. The number of nitrogens with two attached hydrogens (primary N) is 1. The summed E-state index contributed by atoms with van der Waals surface area (Å²) in [7, 11) is 1.55. The zero-order valence-corrected chi connectivity index (χ0v) is 14.0. The molecule has 122 valence electrons. The molecule has 2 N–H and O–H groups in total. The summed E-state index contributed by atoms with van der Waals surface area (Å²) in [5.74, 6) is 1.32. The second-order valence-corrected chi connectivity index (χ2v) is 5.92. The van der Waals surface area contributed by atoms with Crippen LogP contribution in [0.4, 0.5) is 11.8 Å². The van der Waals surface area contributed by atoms with E-state index in [2.05, 4.69) is 14.9 Å². The highest BCUT2D eigenvalue weighted by Crippen LogP contribution is 2.30. The highest BCUT2D eigenvalue weighted by atomic mass is 35.5. The van der Waals surface area contributed by atoms with Crippen molar-refractivity contribution in [2.75, 3.05) is 37.4 Å². The van der Waals surface area contributed by atoms with Crippen molar-refractivity contribution in [2.24, 2.45) is 0 Å². The molecular weight excluding hydrogens is 339 g/mol. The molecule has 3 rings (SSSR count). The van der Waals surface area contributed by atoms with Crippen molar-refractivity contribution in [3.05, 3.63) is 39.9 Å². The van der Waals surface area contributed by atoms with Crippen molar-refractivity contribution >= 4 is 35.0 Å². The lowest BCUT2D eigenvalue weighted by Gasteiger charge is -2.34. The van der Waals surface area contributed by atoms with Crippen LogP contribution < -0.4 is 15.4 Å². The lowest BCUT2D eigenvalue weighted by Crippen LogP contribution is -2.39. The molecule has 0 spiro atoms. The van der Waals surface area contributed by atoms with Gasteiger partial charge in [-0.25, -0.2) is 0 Å². The van der Waals surface area contributed by atoms with Gasteiger partial charge in [0.1, 0.15) is 11.9 Å². The highest BCUT2D eigenvalue weighted by molar-refractivity contribution is 6.42. The summed E-state index contributed by atoms with van der Waals surface area (Å²) in [6.45, 7) is 1.89. The molecular formula is C15H16Cl2N4O2. The van der Waals surface area contributed by atoms with Crippen LogP contribution in [0, 0.1) is 0 Å². The SMILES string of the molecule is COc1cc(N2CCOC(c3ccc(Cl)c(Cl)c3)C2)nc(N)n1. The minimum absolute atomic E-state index is 0.124. The Morgan fingerprint density at radius 1 is 1.26 bits per heavy atom. The molecule has 8 heteroatoms. The number of ether oxygens (including phenoxy) is 2. The van der Waals surface area contributed by atoms with Crippen LogP contribution in [0.5, 0.6) is 5.88 Å². The predicted octanol–water partition coefficient (Wildman–Crippen LogP) is 2.95. The van der Waals surface area contributed by atoms with Gasteiger partial charge in [0.2, 0.25) is 11.8 Å². The van der Waals surface area contributed by atoms with E-state index in [0.717, 1.165) is 5.56 Å². The third kappa shape index (κ3) is 3.60. The fourth-order valence-electron chi connectivity index (χ4n) is 2.47. The van der Waals surface area contributed by atoms with Gasteiger partial charge < -0.3 is 20.1 Å². The highest BCUT2D eigenvalue weighted by Gasteiger charge is 2.24. The summed E-state index contributed by atoms with van der Waals surface area (Å²) in [5.41, 5.74) is 6.70. The average Bonchev–Trinajstić information content (AvgIpc) is 2.57. The predicted molar refractivity (Wildman–Crippen MR) is 90.4 cm³/mol. The molecule has 2 aromatic rings. The van der Waals surface area contributed by atoms with Gasteiger partial charge >= 0.3 is 0 Å². The van der Waals surface area contributed by atoms with E-state index in [-0.39, 0.29) is 12.1 Å². The van der Waals surface area contributed by atoms with Gasteiger partial charge in [-0.1, -0.05) is 29.3 Å². The molecule has 1 saturated heterocycles. The van der Waals surface area contributed by atoms with E-state index in [1.165, 1.54) is 0 Å². The Hall–Kier alpha value is -1.76. The topological polar surface area (TPSA) is 73.5 Å². The molecule has 1 aliphatic heterocycles. The van der Waals surface area contributed by atoms with Crippen molar-refractivity contribution in [1.29, 1.82) is 0 Å². The lowest BCUT2D eigenvalue weighted by atomic mass is 10.1. The average molecular weight is 355 g/mol. The van der Waals surface area contributed by atoms with E-state index >= 15 is 0 Å². The number of hydrogen-bond acceptors (Lipinski definition) is 6. The summed E-state index contributed by atoms with van der Waals surface area (Å²) in [5, 5.41) is 1.04. The Morgan fingerprint density at radius 2 is 2.09 bits per heavy atom. The first kappa shape index (κ1) is 16.1. The largest absolute Gasteiger partial charge is 0.481 e. The summed E-state index contributed by atoms with van der Waals surface area (Å²) >= 11 is 12.1. The first-order chi connectivity index (χ1) is 11.1. The summed E-state index contributed by atoms with van der Waals surface area (Å²) in [4.78, 5) is 10.4. The second kappa shape index (κ2) is 6.78. The Balaban J connectivity index is 1.83. The van der Waals surface area contributed by atoms with Crippen LogP contribution in [0.2, 0.25) is 10.0 Å². The molecule has 1 unspecified atom stereocenters. The molecule has 0 bridgehead atoms. The molecule has 6 nitrogen and oxygen atoms in total. The first-order valence-corrected chi connectivity index (χ1v) is 7.82. The summed E-state index contributed by atoms with van der Waals surface area (Å²) < 4.78 is 11.0. The van der Waals surface area contributed by atoms with Crippen LogP contribution in [0.25, 0.3) is 0 Å². The number of anilines is 2. The Morgan fingerprint density at radius 3 is 2.83 bits per heavy atom. The van der Waals surface area contributed by atoms with E-state index in [1.54, 1.807) is 19.2 Å². The van der Waals surface area contributed by atoms with E-state index in [0.29, 0.717) is 41.4 Å². The van der Waals surface area contributed by atoms with Crippen molar-refractivity contribution < 1.29 is 9.47 Å². The minimum Gasteiger partial charge on any atom is -0.481 e. The first-order valence-electron chi connectivity index (χ1n) is 7.07. The van der Waals surface area contributed by atoms with Crippen molar-refractivity contribution in [3.8, 4) is 5.88 Å². The van der Waals surface area contributed by atoms with Gasteiger partial charge in [0.05, 0.1) is 23.8 Å². The molecule has 1 aliphatic rings. The van der Waals surface area contributed by atoms with Gasteiger partial charge in [-0.3, -0.25) is 0 Å².